The minimum absolute atomic E-state index is 0. The van der Waals surface area contributed by atoms with Crippen molar-refractivity contribution in [3.05, 3.63) is 24.3 Å². The van der Waals surface area contributed by atoms with E-state index in [1.54, 1.807) is 6.20 Å². The van der Waals surface area contributed by atoms with E-state index >= 15 is 0 Å². The Morgan fingerprint density at radius 1 is 1.50 bits per heavy atom. The van der Waals surface area contributed by atoms with E-state index in [0.29, 0.717) is 0 Å². The molecule has 0 bridgehead atoms. The van der Waals surface area contributed by atoms with Crippen LogP contribution in [0.2, 0.25) is 0 Å². The SMILES string of the molecule is Cc1ccncn1.[Ag]. The third-order valence-electron chi connectivity index (χ3n) is 0.730. The first-order valence-electron chi connectivity index (χ1n) is 2.12. The molecule has 0 fully saturated rings. The van der Waals surface area contributed by atoms with Crippen LogP contribution < -0.4 is 0 Å². The molecule has 0 spiro atoms. The van der Waals surface area contributed by atoms with Crippen molar-refractivity contribution in [2.24, 2.45) is 0 Å². The van der Waals surface area contributed by atoms with Gasteiger partial charge in [0.1, 0.15) is 6.33 Å². The van der Waals surface area contributed by atoms with Crippen LogP contribution in [0, 0.1) is 6.92 Å². The summed E-state index contributed by atoms with van der Waals surface area (Å²) in [6.07, 6.45) is 3.26. The van der Waals surface area contributed by atoms with Crippen LogP contribution in [0.1, 0.15) is 5.69 Å². The molecule has 2 nitrogen and oxygen atoms in total. The maximum atomic E-state index is 3.87. The van der Waals surface area contributed by atoms with E-state index in [-0.39, 0.29) is 22.4 Å². The Bertz CT molecular complexity index is 140. The fourth-order valence-electron chi connectivity index (χ4n) is 0.357. The molecule has 1 aromatic heterocycles. The number of aryl methyl sites for hydroxylation is 1. The van der Waals surface area contributed by atoms with Gasteiger partial charge in [-0.2, -0.15) is 0 Å². The van der Waals surface area contributed by atoms with E-state index in [1.807, 2.05) is 13.0 Å². The Kier molecular flexibility index (Phi) is 3.69. The van der Waals surface area contributed by atoms with Crippen LogP contribution >= 0.6 is 0 Å². The summed E-state index contributed by atoms with van der Waals surface area (Å²) in [5, 5.41) is 0. The van der Waals surface area contributed by atoms with E-state index in [9.17, 15) is 0 Å². The van der Waals surface area contributed by atoms with Crippen LogP contribution in [-0.4, -0.2) is 9.97 Å². The maximum absolute atomic E-state index is 3.87. The molecule has 0 N–H and O–H groups in total. The number of nitrogens with zero attached hydrogens (tertiary/aromatic N) is 2. The number of hydrogen-bond donors (Lipinski definition) is 0. The van der Waals surface area contributed by atoms with Gasteiger partial charge in [-0.05, 0) is 13.0 Å². The summed E-state index contributed by atoms with van der Waals surface area (Å²) in [4.78, 5) is 7.60. The summed E-state index contributed by atoms with van der Waals surface area (Å²) in [5.74, 6) is 0. The van der Waals surface area contributed by atoms with Gasteiger partial charge in [0.15, 0.2) is 0 Å². The first-order valence-corrected chi connectivity index (χ1v) is 2.12. The maximum Gasteiger partial charge on any atom is 0.115 e. The summed E-state index contributed by atoms with van der Waals surface area (Å²) in [6.45, 7) is 1.93. The quantitative estimate of drug-likeness (QED) is 0.581. The molecule has 8 heavy (non-hydrogen) atoms. The Hall–Kier alpha value is -0.180. The normalized spacial score (nSPS) is 7.62. The van der Waals surface area contributed by atoms with Crippen molar-refractivity contribution in [1.82, 2.24) is 9.97 Å². The monoisotopic (exact) mass is 201 g/mol. The number of aromatic nitrogens is 2. The molecule has 0 atom stereocenters. The Balaban J connectivity index is 0.000000490. The molecule has 3 heteroatoms. The van der Waals surface area contributed by atoms with Gasteiger partial charge in [0.05, 0.1) is 0 Å². The van der Waals surface area contributed by atoms with Crippen LogP contribution in [0.3, 0.4) is 0 Å². The molecule has 0 aliphatic rings. The molecule has 0 aromatic carbocycles. The van der Waals surface area contributed by atoms with Gasteiger partial charge in [-0.1, -0.05) is 0 Å². The van der Waals surface area contributed by atoms with E-state index in [2.05, 4.69) is 9.97 Å². The fraction of sp³-hybridized carbons (Fsp3) is 0.200. The van der Waals surface area contributed by atoms with Crippen molar-refractivity contribution in [3.8, 4) is 0 Å². The molecule has 0 unspecified atom stereocenters. The second-order valence-corrected chi connectivity index (χ2v) is 1.35. The zero-order chi connectivity index (χ0) is 5.11. The van der Waals surface area contributed by atoms with Gasteiger partial charge in [-0.15, -0.1) is 0 Å². The Labute approximate surface area is 63.9 Å². The van der Waals surface area contributed by atoms with Crippen LogP contribution in [0.15, 0.2) is 18.6 Å². The van der Waals surface area contributed by atoms with Gasteiger partial charge in [-0.3, -0.25) is 0 Å². The van der Waals surface area contributed by atoms with Crippen LogP contribution in [0.5, 0.6) is 0 Å². The van der Waals surface area contributed by atoms with Crippen LogP contribution in [0.25, 0.3) is 0 Å². The average Bonchev–Trinajstić information content (AvgIpc) is 1.69. The van der Waals surface area contributed by atoms with Crippen molar-refractivity contribution in [3.63, 3.8) is 0 Å². The van der Waals surface area contributed by atoms with Crippen LogP contribution in [0.4, 0.5) is 0 Å². The van der Waals surface area contributed by atoms with Gasteiger partial charge in [0.2, 0.25) is 0 Å². The molecule has 0 aliphatic carbocycles. The van der Waals surface area contributed by atoms with E-state index in [0.717, 1.165) is 5.69 Å². The molecule has 0 amide bonds. The van der Waals surface area contributed by atoms with Crippen molar-refractivity contribution >= 4 is 0 Å². The first kappa shape index (κ1) is 7.82. The number of rotatable bonds is 0. The van der Waals surface area contributed by atoms with Gasteiger partial charge in [-0.25, -0.2) is 9.97 Å². The standard InChI is InChI=1S/C5H6N2.Ag/c1-5-2-3-6-4-7-5;/h2-4H,1H3;. The summed E-state index contributed by atoms with van der Waals surface area (Å²) >= 11 is 0. The third-order valence-corrected chi connectivity index (χ3v) is 0.730. The van der Waals surface area contributed by atoms with E-state index in [4.69, 9.17) is 0 Å². The summed E-state index contributed by atoms with van der Waals surface area (Å²) in [6, 6.07) is 1.86. The molecule has 1 radical (unpaired) electrons. The molecule has 0 aliphatic heterocycles. The van der Waals surface area contributed by atoms with Crippen molar-refractivity contribution in [2.75, 3.05) is 0 Å². The predicted molar refractivity (Wildman–Crippen MR) is 26.8 cm³/mol. The van der Waals surface area contributed by atoms with Gasteiger partial charge < -0.3 is 0 Å². The van der Waals surface area contributed by atoms with Gasteiger partial charge >= 0.3 is 0 Å². The predicted octanol–water partition coefficient (Wildman–Crippen LogP) is 0.783. The zero-order valence-electron chi connectivity index (χ0n) is 4.43. The molecular weight excluding hydrogens is 196 g/mol. The molecule has 47 valence electrons. The topological polar surface area (TPSA) is 25.8 Å². The van der Waals surface area contributed by atoms with Crippen LogP contribution in [-0.2, 0) is 22.4 Å². The number of hydrogen-bond acceptors (Lipinski definition) is 2. The smallest absolute Gasteiger partial charge is 0.115 e. The molecule has 0 saturated carbocycles. The van der Waals surface area contributed by atoms with Gasteiger partial charge in [0, 0.05) is 34.3 Å². The van der Waals surface area contributed by atoms with Crippen molar-refractivity contribution in [1.29, 1.82) is 0 Å². The molecule has 1 heterocycles. The van der Waals surface area contributed by atoms with Crippen molar-refractivity contribution in [2.45, 2.75) is 6.92 Å². The molecule has 1 rings (SSSR count). The second-order valence-electron chi connectivity index (χ2n) is 1.35. The second kappa shape index (κ2) is 3.78. The van der Waals surface area contributed by atoms with Crippen molar-refractivity contribution < 1.29 is 22.4 Å². The third kappa shape index (κ3) is 2.21. The zero-order valence-corrected chi connectivity index (χ0v) is 5.91. The molecular formula is C5H6AgN2. The first-order chi connectivity index (χ1) is 3.39. The Morgan fingerprint density at radius 3 is 2.50 bits per heavy atom. The Morgan fingerprint density at radius 2 is 2.25 bits per heavy atom. The fourth-order valence-corrected chi connectivity index (χ4v) is 0.357. The largest absolute Gasteiger partial charge is 0.245 e. The summed E-state index contributed by atoms with van der Waals surface area (Å²) in [5.41, 5.74) is 1.01. The average molecular weight is 202 g/mol. The summed E-state index contributed by atoms with van der Waals surface area (Å²) in [7, 11) is 0. The molecule has 1 aromatic rings. The molecule has 0 saturated heterocycles. The minimum Gasteiger partial charge on any atom is -0.245 e. The summed E-state index contributed by atoms with van der Waals surface area (Å²) < 4.78 is 0. The minimum atomic E-state index is 0. The van der Waals surface area contributed by atoms with E-state index < -0.39 is 0 Å². The van der Waals surface area contributed by atoms with Gasteiger partial charge in [0.25, 0.3) is 0 Å². The van der Waals surface area contributed by atoms with E-state index in [1.165, 1.54) is 6.33 Å².